The van der Waals surface area contributed by atoms with E-state index in [-0.39, 0.29) is 11.7 Å². The molecule has 6 nitrogen and oxygen atoms in total. The van der Waals surface area contributed by atoms with Crippen LogP contribution in [0, 0.1) is 11.3 Å². The molecule has 0 radical (unpaired) electrons. The van der Waals surface area contributed by atoms with E-state index in [2.05, 4.69) is 15.4 Å². The molecule has 0 aliphatic rings. The van der Waals surface area contributed by atoms with Gasteiger partial charge >= 0.3 is 0 Å². The molecule has 0 bridgehead atoms. The first-order valence-electron chi connectivity index (χ1n) is 4.26. The highest BCUT2D eigenvalue weighted by Crippen LogP contribution is 1.94. The smallest absolute Gasteiger partial charge is 0.252 e. The summed E-state index contributed by atoms with van der Waals surface area (Å²) in [5, 5.41) is 14.8. The van der Waals surface area contributed by atoms with E-state index < -0.39 is 0 Å². The number of nitrogens with one attached hydrogen (secondary N) is 1. The first-order valence-corrected chi connectivity index (χ1v) is 4.26. The van der Waals surface area contributed by atoms with Crippen molar-refractivity contribution in [3.8, 4) is 6.07 Å². The van der Waals surface area contributed by atoms with E-state index in [1.165, 1.54) is 6.33 Å². The molecule has 6 heteroatoms. The van der Waals surface area contributed by atoms with E-state index in [0.29, 0.717) is 19.4 Å². The van der Waals surface area contributed by atoms with E-state index in [4.69, 9.17) is 5.26 Å². The van der Waals surface area contributed by atoms with Crippen molar-refractivity contribution in [2.45, 2.75) is 19.4 Å². The van der Waals surface area contributed by atoms with Crippen LogP contribution in [0.4, 0.5) is 0 Å². The van der Waals surface area contributed by atoms with Crippen LogP contribution in [0.3, 0.4) is 0 Å². The van der Waals surface area contributed by atoms with Crippen LogP contribution in [-0.4, -0.2) is 27.7 Å². The Labute approximate surface area is 81.6 Å². The predicted molar refractivity (Wildman–Crippen MR) is 48.0 cm³/mol. The Morgan fingerprint density at radius 1 is 1.79 bits per heavy atom. The molecule has 1 rings (SSSR count). The number of hydrogen-bond donors (Lipinski definition) is 1. The Morgan fingerprint density at radius 2 is 2.57 bits per heavy atom. The van der Waals surface area contributed by atoms with Gasteiger partial charge in [0.05, 0.1) is 0 Å². The molecule has 14 heavy (non-hydrogen) atoms. The highest BCUT2D eigenvalue weighted by atomic mass is 16.1. The van der Waals surface area contributed by atoms with Gasteiger partial charge in [0.15, 0.2) is 0 Å². The molecule has 1 heterocycles. The maximum atomic E-state index is 10.9. The molecule has 0 spiro atoms. The zero-order valence-electron chi connectivity index (χ0n) is 7.90. The van der Waals surface area contributed by atoms with Crippen molar-refractivity contribution >= 4 is 5.91 Å². The molecular formula is C8H11N5O. The summed E-state index contributed by atoms with van der Waals surface area (Å²) in [5.41, 5.74) is 0. The largest absolute Gasteiger partial charge is 0.359 e. The molecule has 1 N–H and O–H groups in total. The highest BCUT2D eigenvalue weighted by Gasteiger charge is 2.00. The average Bonchev–Trinajstić information content (AvgIpc) is 2.65. The fourth-order valence-electron chi connectivity index (χ4n) is 0.980. The van der Waals surface area contributed by atoms with Crippen molar-refractivity contribution in [3.05, 3.63) is 12.2 Å². The Balaban J connectivity index is 2.32. The summed E-state index contributed by atoms with van der Waals surface area (Å²) in [7, 11) is 1.60. The van der Waals surface area contributed by atoms with Gasteiger partial charge in [0.2, 0.25) is 5.91 Å². The number of aryl methyl sites for hydroxylation is 1. The third-order valence-corrected chi connectivity index (χ3v) is 1.71. The van der Waals surface area contributed by atoms with Gasteiger partial charge in [0.1, 0.15) is 12.4 Å². The van der Waals surface area contributed by atoms with E-state index in [0.717, 1.165) is 0 Å². The number of aromatic nitrogens is 3. The van der Waals surface area contributed by atoms with E-state index in [1.54, 1.807) is 11.7 Å². The van der Waals surface area contributed by atoms with Crippen LogP contribution < -0.4 is 5.32 Å². The van der Waals surface area contributed by atoms with Crippen LogP contribution in [0.2, 0.25) is 0 Å². The lowest BCUT2D eigenvalue weighted by Crippen LogP contribution is -2.17. The summed E-state index contributed by atoms with van der Waals surface area (Å²) in [5.74, 6) is 0.163. The first-order chi connectivity index (χ1) is 6.76. The summed E-state index contributed by atoms with van der Waals surface area (Å²) in [6.07, 6.45) is 2.63. The topological polar surface area (TPSA) is 83.6 Å². The summed E-state index contributed by atoms with van der Waals surface area (Å²) < 4.78 is 1.56. The number of hydrogen-bond acceptors (Lipinski definition) is 4. The maximum absolute atomic E-state index is 10.9. The number of nitrogens with zero attached hydrogens (tertiary/aromatic N) is 4. The Bertz CT molecular complexity index is 351. The van der Waals surface area contributed by atoms with Crippen molar-refractivity contribution in [1.29, 1.82) is 5.26 Å². The zero-order valence-corrected chi connectivity index (χ0v) is 7.90. The normalized spacial score (nSPS) is 9.43. The second kappa shape index (κ2) is 4.97. The molecule has 0 saturated carbocycles. The molecular weight excluding hydrogens is 182 g/mol. The molecule has 1 aromatic heterocycles. The lowest BCUT2D eigenvalue weighted by Gasteiger charge is -1.99. The van der Waals surface area contributed by atoms with E-state index in [9.17, 15) is 4.79 Å². The van der Waals surface area contributed by atoms with Crippen molar-refractivity contribution in [2.24, 2.45) is 0 Å². The summed E-state index contributed by atoms with van der Waals surface area (Å²) in [4.78, 5) is 14.6. The third kappa shape index (κ3) is 2.86. The SMILES string of the molecule is CNC(=O)CCCn1cnc(C#N)n1. The zero-order chi connectivity index (χ0) is 10.4. The van der Waals surface area contributed by atoms with Crippen molar-refractivity contribution in [1.82, 2.24) is 20.1 Å². The molecule has 0 saturated heterocycles. The molecule has 0 fully saturated rings. The fraction of sp³-hybridized carbons (Fsp3) is 0.500. The van der Waals surface area contributed by atoms with Gasteiger partial charge in [0, 0.05) is 20.0 Å². The lowest BCUT2D eigenvalue weighted by atomic mass is 10.3. The second-order valence-corrected chi connectivity index (χ2v) is 2.72. The van der Waals surface area contributed by atoms with Crippen LogP contribution in [0.25, 0.3) is 0 Å². The Kier molecular flexibility index (Phi) is 3.61. The van der Waals surface area contributed by atoms with Gasteiger partial charge < -0.3 is 5.32 Å². The molecule has 74 valence electrons. The number of rotatable bonds is 4. The number of carbonyl (C=O) groups is 1. The van der Waals surface area contributed by atoms with Gasteiger partial charge in [-0.25, -0.2) is 4.98 Å². The third-order valence-electron chi connectivity index (χ3n) is 1.71. The predicted octanol–water partition coefficient (Wildman–Crippen LogP) is -0.324. The summed E-state index contributed by atoms with van der Waals surface area (Å²) >= 11 is 0. The molecule has 1 aromatic rings. The van der Waals surface area contributed by atoms with Crippen LogP contribution >= 0.6 is 0 Å². The molecule has 0 aliphatic heterocycles. The first kappa shape index (κ1) is 10.2. The number of carbonyl (C=O) groups excluding carboxylic acids is 1. The minimum Gasteiger partial charge on any atom is -0.359 e. The van der Waals surface area contributed by atoms with Crippen LogP contribution in [0.5, 0.6) is 0 Å². The fourth-order valence-corrected chi connectivity index (χ4v) is 0.980. The molecule has 1 amide bonds. The molecule has 0 aromatic carbocycles. The van der Waals surface area contributed by atoms with Gasteiger partial charge in [-0.15, -0.1) is 5.10 Å². The molecule has 0 aliphatic carbocycles. The van der Waals surface area contributed by atoms with Gasteiger partial charge in [0.25, 0.3) is 5.82 Å². The van der Waals surface area contributed by atoms with Crippen LogP contribution in [-0.2, 0) is 11.3 Å². The minimum atomic E-state index is 0.00521. The molecule has 0 unspecified atom stereocenters. The van der Waals surface area contributed by atoms with Gasteiger partial charge in [-0.2, -0.15) is 5.26 Å². The lowest BCUT2D eigenvalue weighted by molar-refractivity contribution is -0.120. The standard InChI is InChI=1S/C8H11N5O/c1-10-8(14)3-2-4-13-6-11-7(5-9)12-13/h6H,2-4H2,1H3,(H,10,14). The number of amides is 1. The molecule has 0 atom stereocenters. The van der Waals surface area contributed by atoms with Crippen LogP contribution in [0.1, 0.15) is 18.7 Å². The number of nitriles is 1. The summed E-state index contributed by atoms with van der Waals surface area (Å²) in [6.45, 7) is 0.599. The van der Waals surface area contributed by atoms with Gasteiger partial charge in [-0.3, -0.25) is 9.48 Å². The van der Waals surface area contributed by atoms with Gasteiger partial charge in [-0.1, -0.05) is 0 Å². The van der Waals surface area contributed by atoms with Crippen molar-refractivity contribution < 1.29 is 4.79 Å². The van der Waals surface area contributed by atoms with Crippen molar-refractivity contribution in [3.63, 3.8) is 0 Å². The van der Waals surface area contributed by atoms with Gasteiger partial charge in [-0.05, 0) is 6.42 Å². The minimum absolute atomic E-state index is 0.00521. The monoisotopic (exact) mass is 193 g/mol. The Morgan fingerprint density at radius 3 is 3.14 bits per heavy atom. The van der Waals surface area contributed by atoms with Crippen LogP contribution in [0.15, 0.2) is 6.33 Å². The average molecular weight is 193 g/mol. The van der Waals surface area contributed by atoms with Crippen molar-refractivity contribution in [2.75, 3.05) is 7.05 Å². The quantitative estimate of drug-likeness (QED) is 0.710. The van der Waals surface area contributed by atoms with E-state index >= 15 is 0 Å². The Hall–Kier alpha value is -1.90. The van der Waals surface area contributed by atoms with E-state index in [1.807, 2.05) is 6.07 Å². The second-order valence-electron chi connectivity index (χ2n) is 2.72. The highest BCUT2D eigenvalue weighted by molar-refractivity contribution is 5.75. The summed E-state index contributed by atoms with van der Waals surface area (Å²) in [6, 6.07) is 1.84. The maximum Gasteiger partial charge on any atom is 0.252 e.